The van der Waals surface area contributed by atoms with Crippen LogP contribution >= 0.6 is 23.6 Å². The average molecular weight is 526 g/mol. The maximum atomic E-state index is 11.0. The van der Waals surface area contributed by atoms with E-state index in [1.54, 1.807) is 6.92 Å². The van der Waals surface area contributed by atoms with Gasteiger partial charge in [0, 0.05) is 41.8 Å². The molecule has 34 heavy (non-hydrogen) atoms. The van der Waals surface area contributed by atoms with Crippen LogP contribution in [0.1, 0.15) is 11.1 Å². The van der Waals surface area contributed by atoms with Gasteiger partial charge in [-0.05, 0) is 30.6 Å². The Morgan fingerprint density at radius 1 is 1.24 bits per heavy atom. The first-order chi connectivity index (χ1) is 16.3. The van der Waals surface area contributed by atoms with Crippen molar-refractivity contribution in [1.82, 2.24) is 9.36 Å². The van der Waals surface area contributed by atoms with Crippen LogP contribution in [0.15, 0.2) is 34.5 Å². The molecule has 0 saturated heterocycles. The van der Waals surface area contributed by atoms with Crippen molar-refractivity contribution < 1.29 is 27.6 Å². The zero-order chi connectivity index (χ0) is 24.6. The second kappa shape index (κ2) is 12.0. The van der Waals surface area contributed by atoms with E-state index in [0.29, 0.717) is 28.5 Å². The molecule has 0 saturated carbocycles. The number of fused-ring (bicyclic) bond motifs is 1. The third kappa shape index (κ3) is 6.80. The number of nitrogens with one attached hydrogen (secondary N) is 2. The van der Waals surface area contributed by atoms with Gasteiger partial charge >= 0.3 is 0 Å². The molecule has 180 valence electrons. The molecule has 0 aliphatic carbocycles. The van der Waals surface area contributed by atoms with E-state index >= 15 is 0 Å². The average Bonchev–Trinajstić information content (AvgIpc) is 3.21. The van der Waals surface area contributed by atoms with Gasteiger partial charge in [0.25, 0.3) is 10.1 Å². The summed E-state index contributed by atoms with van der Waals surface area (Å²) in [4.78, 5) is 4.39. The Hall–Kier alpha value is -2.91. The van der Waals surface area contributed by atoms with E-state index in [-0.39, 0.29) is 23.7 Å². The van der Waals surface area contributed by atoms with E-state index in [1.807, 2.05) is 30.3 Å². The van der Waals surface area contributed by atoms with Crippen molar-refractivity contribution in [1.29, 1.82) is 5.26 Å². The number of nitrogens with zero attached hydrogens (tertiary/aromatic N) is 5. The molecule has 0 atom stereocenters. The second-order valence-corrected chi connectivity index (χ2v) is 9.68. The number of nitriles is 1. The number of hydrogen-bond acceptors (Lipinski definition) is 14. The van der Waals surface area contributed by atoms with Gasteiger partial charge in [-0.25, -0.2) is 10.2 Å². The zero-order valence-corrected chi connectivity index (χ0v) is 20.1. The van der Waals surface area contributed by atoms with Gasteiger partial charge in [0.15, 0.2) is 10.8 Å². The Labute approximate surface area is 202 Å². The van der Waals surface area contributed by atoms with Gasteiger partial charge in [0.05, 0.1) is 16.8 Å². The maximum Gasteiger partial charge on any atom is 0.266 e. The monoisotopic (exact) mass is 525 g/mol. The number of rotatable bonds is 12. The molecule has 4 N–H and O–H groups in total. The highest BCUT2D eigenvalue weighted by atomic mass is 32.2. The fraction of sp³-hybridized carbons (Fsp3) is 0.278. The third-order valence-electron chi connectivity index (χ3n) is 4.34. The number of azo groups is 1. The molecule has 0 unspecified atom stereocenters. The SMILES string of the molecule is Cc1c(C#N)c(NCCS(=O)(=O)O)nc(NCCSOOO)c1/N=N/c1snc2ccccc12. The summed E-state index contributed by atoms with van der Waals surface area (Å²) < 4.78 is 39.7. The highest BCUT2D eigenvalue weighted by molar-refractivity contribution is 7.94. The van der Waals surface area contributed by atoms with Gasteiger partial charge in [-0.3, -0.25) is 4.55 Å². The van der Waals surface area contributed by atoms with Gasteiger partial charge in [0.1, 0.15) is 17.6 Å². The van der Waals surface area contributed by atoms with Crippen molar-refractivity contribution in [2.24, 2.45) is 10.2 Å². The molecule has 0 amide bonds. The molecule has 2 aromatic heterocycles. The first-order valence-corrected chi connectivity index (χ1v) is 12.9. The molecule has 3 rings (SSSR count). The molecule has 0 bridgehead atoms. The van der Waals surface area contributed by atoms with Crippen LogP contribution in [0.2, 0.25) is 0 Å². The standard InChI is InChI=1S/C18H19N7O6S3/c1-11-13(10-19)16(21-7-9-34(27,28)29)22-17(20-6-8-32-31-30-26)15(11)23-24-18-12-4-2-3-5-14(12)25-33-18/h2-5,26H,6-9H2,1H3,(H2,20,21,22)(H,27,28,29)/b24-23+. The Bertz CT molecular complexity index is 1320. The van der Waals surface area contributed by atoms with E-state index in [1.165, 1.54) is 11.5 Å². The lowest BCUT2D eigenvalue weighted by Crippen LogP contribution is -2.17. The van der Waals surface area contributed by atoms with Crippen LogP contribution < -0.4 is 10.6 Å². The fourth-order valence-corrected chi connectivity index (χ4v) is 4.16. The van der Waals surface area contributed by atoms with Crippen LogP contribution in [-0.4, -0.2) is 52.2 Å². The number of benzene rings is 1. The lowest BCUT2D eigenvalue weighted by Gasteiger charge is -2.15. The number of aromatic nitrogens is 2. The normalized spacial score (nSPS) is 11.7. The van der Waals surface area contributed by atoms with E-state index in [4.69, 9.17) is 9.81 Å². The lowest BCUT2D eigenvalue weighted by molar-refractivity contribution is -0.432. The van der Waals surface area contributed by atoms with E-state index in [0.717, 1.165) is 22.9 Å². The molecule has 0 radical (unpaired) electrons. The van der Waals surface area contributed by atoms with Gasteiger partial charge in [-0.2, -0.15) is 18.1 Å². The number of hydrogen-bond donors (Lipinski definition) is 4. The molecule has 16 heteroatoms. The van der Waals surface area contributed by atoms with Gasteiger partial charge in [-0.15, -0.1) is 14.6 Å². The Morgan fingerprint density at radius 3 is 2.74 bits per heavy atom. The summed E-state index contributed by atoms with van der Waals surface area (Å²) in [6.45, 7) is 1.81. The van der Waals surface area contributed by atoms with Gasteiger partial charge in [0.2, 0.25) is 0 Å². The topological polar surface area (TPSA) is 191 Å². The summed E-state index contributed by atoms with van der Waals surface area (Å²) in [6, 6.07) is 9.52. The quantitative estimate of drug-likeness (QED) is 0.0662. The summed E-state index contributed by atoms with van der Waals surface area (Å²) >= 11 is 2.02. The fourth-order valence-electron chi connectivity index (χ4n) is 2.81. The third-order valence-corrected chi connectivity index (χ3v) is 6.35. The molecule has 3 aromatic rings. The van der Waals surface area contributed by atoms with Crippen LogP contribution in [-0.2, 0) is 19.5 Å². The summed E-state index contributed by atoms with van der Waals surface area (Å²) in [6.07, 6.45) is 0. The Balaban J connectivity index is 1.95. The minimum Gasteiger partial charge on any atom is -0.368 e. The summed E-state index contributed by atoms with van der Waals surface area (Å²) in [5.41, 5.74) is 1.69. The van der Waals surface area contributed by atoms with Crippen LogP contribution in [0.5, 0.6) is 0 Å². The van der Waals surface area contributed by atoms with Crippen LogP contribution in [0.3, 0.4) is 0 Å². The highest BCUT2D eigenvalue weighted by Crippen LogP contribution is 2.37. The van der Waals surface area contributed by atoms with E-state index < -0.39 is 15.9 Å². The maximum absolute atomic E-state index is 11.0. The van der Waals surface area contributed by atoms with Crippen LogP contribution in [0, 0.1) is 18.3 Å². The number of pyridine rings is 1. The largest absolute Gasteiger partial charge is 0.368 e. The predicted molar refractivity (Wildman–Crippen MR) is 128 cm³/mol. The molecule has 2 heterocycles. The molecular weight excluding hydrogens is 506 g/mol. The summed E-state index contributed by atoms with van der Waals surface area (Å²) in [7, 11) is -4.19. The van der Waals surface area contributed by atoms with Crippen molar-refractivity contribution in [3.8, 4) is 6.07 Å². The van der Waals surface area contributed by atoms with Gasteiger partial charge < -0.3 is 10.6 Å². The van der Waals surface area contributed by atoms with E-state index in [2.05, 4.69) is 39.6 Å². The molecule has 0 aliphatic heterocycles. The van der Waals surface area contributed by atoms with Crippen molar-refractivity contribution in [3.05, 3.63) is 35.4 Å². The lowest BCUT2D eigenvalue weighted by atomic mass is 10.1. The minimum atomic E-state index is -4.19. The molecule has 1 aromatic carbocycles. The van der Waals surface area contributed by atoms with E-state index in [9.17, 15) is 13.7 Å². The Morgan fingerprint density at radius 2 is 2.00 bits per heavy atom. The van der Waals surface area contributed by atoms with Gasteiger partial charge in [-0.1, -0.05) is 17.2 Å². The summed E-state index contributed by atoms with van der Waals surface area (Å²) in [5, 5.41) is 37.3. The van der Waals surface area contributed by atoms with Crippen molar-refractivity contribution in [2.45, 2.75) is 6.92 Å². The molecular formula is C18H19N7O6S3. The second-order valence-electron chi connectivity index (χ2n) is 6.58. The molecule has 0 aliphatic rings. The summed E-state index contributed by atoms with van der Waals surface area (Å²) in [5.74, 6) is 0.184. The first kappa shape index (κ1) is 25.7. The highest BCUT2D eigenvalue weighted by Gasteiger charge is 2.18. The first-order valence-electron chi connectivity index (χ1n) is 9.57. The van der Waals surface area contributed by atoms with Crippen molar-refractivity contribution in [2.75, 3.05) is 35.2 Å². The van der Waals surface area contributed by atoms with Crippen molar-refractivity contribution in [3.63, 3.8) is 0 Å². The van der Waals surface area contributed by atoms with Crippen LogP contribution in [0.25, 0.3) is 10.9 Å². The molecule has 0 spiro atoms. The van der Waals surface area contributed by atoms with Crippen LogP contribution in [0.4, 0.5) is 22.3 Å². The smallest absolute Gasteiger partial charge is 0.266 e. The zero-order valence-electron chi connectivity index (χ0n) is 17.6. The molecule has 0 fully saturated rings. The number of anilines is 2. The molecule has 13 nitrogen and oxygen atoms in total. The predicted octanol–water partition coefficient (Wildman–Crippen LogP) is 4.07. The van der Waals surface area contributed by atoms with Crippen molar-refractivity contribution >= 4 is 66.9 Å². The minimum absolute atomic E-state index is 0.121. The Kier molecular flexibility index (Phi) is 9.06.